The first kappa shape index (κ1) is 16.5. The number of nitrogens with zero attached hydrogens (tertiary/aromatic N) is 2. The number of hydrogen-bond acceptors (Lipinski definition) is 3. The molecule has 0 amide bonds. The molecule has 1 N–H and O–H groups in total. The largest absolute Gasteiger partial charge is 0.485 e. The van der Waals surface area contributed by atoms with Gasteiger partial charge in [-0.25, -0.2) is 4.98 Å². The van der Waals surface area contributed by atoms with E-state index in [0.717, 1.165) is 22.6 Å². The van der Waals surface area contributed by atoms with Crippen molar-refractivity contribution in [3.05, 3.63) is 59.4 Å². The number of para-hydroxylation sites is 2. The van der Waals surface area contributed by atoms with Gasteiger partial charge in [0.25, 0.3) is 0 Å². The second-order valence-corrected chi connectivity index (χ2v) is 6.38. The number of benzene rings is 2. The lowest BCUT2D eigenvalue weighted by atomic mass is 10.0. The Balaban J connectivity index is 1.91. The molecule has 4 heteroatoms. The first-order chi connectivity index (χ1) is 11.6. The molecule has 0 radical (unpaired) electrons. The summed E-state index contributed by atoms with van der Waals surface area (Å²) in [6.07, 6.45) is 0. The van der Waals surface area contributed by atoms with E-state index in [1.54, 1.807) is 0 Å². The highest BCUT2D eigenvalue weighted by Gasteiger charge is 2.13. The summed E-state index contributed by atoms with van der Waals surface area (Å²) < 4.78 is 8.14. The van der Waals surface area contributed by atoms with Gasteiger partial charge in [-0.2, -0.15) is 0 Å². The van der Waals surface area contributed by atoms with E-state index in [2.05, 4.69) is 44.0 Å². The zero-order valence-electron chi connectivity index (χ0n) is 14.5. The van der Waals surface area contributed by atoms with Crippen molar-refractivity contribution >= 4 is 11.0 Å². The Morgan fingerprint density at radius 2 is 1.96 bits per heavy atom. The van der Waals surface area contributed by atoms with E-state index in [4.69, 9.17) is 4.74 Å². The zero-order chi connectivity index (χ0) is 17.1. The molecule has 0 aliphatic carbocycles. The van der Waals surface area contributed by atoms with Crippen molar-refractivity contribution in [1.29, 1.82) is 0 Å². The monoisotopic (exact) mass is 324 g/mol. The molecule has 3 aromatic rings. The van der Waals surface area contributed by atoms with E-state index in [1.165, 1.54) is 11.1 Å². The molecule has 0 unspecified atom stereocenters. The van der Waals surface area contributed by atoms with Crippen LogP contribution in [0.3, 0.4) is 0 Å². The Kier molecular flexibility index (Phi) is 4.86. The molecule has 0 aliphatic rings. The Hall–Kier alpha value is -2.33. The maximum Gasteiger partial charge on any atom is 0.148 e. The predicted molar refractivity (Wildman–Crippen MR) is 96.4 cm³/mol. The van der Waals surface area contributed by atoms with Crippen LogP contribution in [0.1, 0.15) is 36.7 Å². The van der Waals surface area contributed by atoms with Gasteiger partial charge in [0.1, 0.15) is 18.2 Å². The molecule has 0 saturated carbocycles. The van der Waals surface area contributed by atoms with Crippen LogP contribution in [0.2, 0.25) is 0 Å². The molecular formula is C20H24N2O2. The summed E-state index contributed by atoms with van der Waals surface area (Å²) in [7, 11) is 0. The maximum atomic E-state index is 9.37. The molecular weight excluding hydrogens is 300 g/mol. The molecule has 24 heavy (non-hydrogen) atoms. The fourth-order valence-electron chi connectivity index (χ4n) is 2.97. The first-order valence-electron chi connectivity index (χ1n) is 8.38. The molecule has 2 aromatic carbocycles. The summed E-state index contributed by atoms with van der Waals surface area (Å²) in [5, 5.41) is 9.37. The average molecular weight is 324 g/mol. The number of imidazole rings is 1. The second-order valence-electron chi connectivity index (χ2n) is 6.38. The maximum absolute atomic E-state index is 9.37. The van der Waals surface area contributed by atoms with E-state index in [1.807, 2.05) is 28.8 Å². The SMILES string of the molecule is Cc1ccc(C(C)C)c(OCc2nc3ccccc3n2CCO)c1. The Morgan fingerprint density at radius 3 is 2.71 bits per heavy atom. The molecule has 0 aliphatic heterocycles. The van der Waals surface area contributed by atoms with Crippen LogP contribution in [0.4, 0.5) is 0 Å². The number of fused-ring (bicyclic) bond motifs is 1. The van der Waals surface area contributed by atoms with E-state index in [-0.39, 0.29) is 6.61 Å². The Labute approximate surface area is 142 Å². The van der Waals surface area contributed by atoms with Gasteiger partial charge in [0.15, 0.2) is 0 Å². The number of rotatable bonds is 6. The number of aliphatic hydroxyl groups is 1. The zero-order valence-corrected chi connectivity index (χ0v) is 14.5. The van der Waals surface area contributed by atoms with Gasteiger partial charge in [-0.3, -0.25) is 0 Å². The Morgan fingerprint density at radius 1 is 1.17 bits per heavy atom. The third-order valence-corrected chi connectivity index (χ3v) is 4.21. The van der Waals surface area contributed by atoms with Crippen molar-refractivity contribution in [2.45, 2.75) is 39.8 Å². The minimum absolute atomic E-state index is 0.0784. The van der Waals surface area contributed by atoms with Gasteiger partial charge in [-0.05, 0) is 42.2 Å². The minimum atomic E-state index is 0.0784. The summed E-state index contributed by atoms with van der Waals surface area (Å²) >= 11 is 0. The molecule has 0 saturated heterocycles. The van der Waals surface area contributed by atoms with Crippen molar-refractivity contribution in [3.63, 3.8) is 0 Å². The number of aryl methyl sites for hydroxylation is 1. The average Bonchev–Trinajstić information content (AvgIpc) is 2.91. The molecule has 3 rings (SSSR count). The van der Waals surface area contributed by atoms with Crippen molar-refractivity contribution < 1.29 is 9.84 Å². The molecule has 0 fully saturated rings. The molecule has 1 aromatic heterocycles. The van der Waals surface area contributed by atoms with Crippen LogP contribution in [0.5, 0.6) is 5.75 Å². The molecule has 126 valence electrons. The Bertz CT molecular complexity index is 837. The summed E-state index contributed by atoms with van der Waals surface area (Å²) in [6.45, 7) is 7.38. The van der Waals surface area contributed by atoms with Crippen molar-refractivity contribution in [2.75, 3.05) is 6.61 Å². The van der Waals surface area contributed by atoms with Crippen molar-refractivity contribution in [1.82, 2.24) is 9.55 Å². The van der Waals surface area contributed by atoms with Gasteiger partial charge in [0.05, 0.1) is 17.6 Å². The lowest BCUT2D eigenvalue weighted by Crippen LogP contribution is -2.10. The standard InChI is InChI=1S/C20H24N2O2/c1-14(2)16-9-8-15(3)12-19(16)24-13-20-21-17-6-4-5-7-18(17)22(20)10-11-23/h4-9,12,14,23H,10-11,13H2,1-3H3. The van der Waals surface area contributed by atoms with Crippen LogP contribution >= 0.6 is 0 Å². The molecule has 0 spiro atoms. The van der Waals surface area contributed by atoms with E-state index < -0.39 is 0 Å². The molecule has 4 nitrogen and oxygen atoms in total. The van der Waals surface area contributed by atoms with Gasteiger partial charge in [-0.15, -0.1) is 0 Å². The van der Waals surface area contributed by atoms with Crippen LogP contribution < -0.4 is 4.74 Å². The van der Waals surface area contributed by atoms with Crippen LogP contribution in [0.15, 0.2) is 42.5 Å². The number of aromatic nitrogens is 2. The van der Waals surface area contributed by atoms with Gasteiger partial charge in [0.2, 0.25) is 0 Å². The van der Waals surface area contributed by atoms with Crippen molar-refractivity contribution in [3.8, 4) is 5.75 Å². The quantitative estimate of drug-likeness (QED) is 0.744. The third kappa shape index (κ3) is 3.29. The molecule has 0 bridgehead atoms. The molecule has 1 heterocycles. The lowest BCUT2D eigenvalue weighted by Gasteiger charge is -2.15. The topological polar surface area (TPSA) is 47.3 Å². The van der Waals surface area contributed by atoms with Crippen LogP contribution in [-0.2, 0) is 13.2 Å². The normalized spacial score (nSPS) is 11.4. The summed E-state index contributed by atoms with van der Waals surface area (Å²) in [4.78, 5) is 4.67. The van der Waals surface area contributed by atoms with Crippen LogP contribution in [0.25, 0.3) is 11.0 Å². The highest BCUT2D eigenvalue weighted by Crippen LogP contribution is 2.28. The number of ether oxygens (including phenoxy) is 1. The van der Waals surface area contributed by atoms with E-state index in [9.17, 15) is 5.11 Å². The second kappa shape index (κ2) is 7.05. The summed E-state index contributed by atoms with van der Waals surface area (Å²) in [5.74, 6) is 2.14. The van der Waals surface area contributed by atoms with Gasteiger partial charge in [-0.1, -0.05) is 38.1 Å². The lowest BCUT2D eigenvalue weighted by molar-refractivity contribution is 0.259. The van der Waals surface area contributed by atoms with E-state index in [0.29, 0.717) is 19.1 Å². The third-order valence-electron chi connectivity index (χ3n) is 4.21. The number of hydrogen-bond donors (Lipinski definition) is 1. The van der Waals surface area contributed by atoms with Gasteiger partial charge < -0.3 is 14.4 Å². The van der Waals surface area contributed by atoms with Crippen LogP contribution in [0, 0.1) is 6.92 Å². The highest BCUT2D eigenvalue weighted by molar-refractivity contribution is 5.75. The van der Waals surface area contributed by atoms with E-state index >= 15 is 0 Å². The van der Waals surface area contributed by atoms with Gasteiger partial charge >= 0.3 is 0 Å². The van der Waals surface area contributed by atoms with Crippen LogP contribution in [-0.4, -0.2) is 21.3 Å². The number of aliphatic hydroxyl groups excluding tert-OH is 1. The summed E-state index contributed by atoms with van der Waals surface area (Å²) in [6, 6.07) is 14.3. The fraction of sp³-hybridized carbons (Fsp3) is 0.350. The van der Waals surface area contributed by atoms with Gasteiger partial charge in [0, 0.05) is 6.54 Å². The minimum Gasteiger partial charge on any atom is -0.485 e. The molecule has 0 atom stereocenters. The fourth-order valence-corrected chi connectivity index (χ4v) is 2.97. The summed E-state index contributed by atoms with van der Waals surface area (Å²) in [5.41, 5.74) is 4.33. The smallest absolute Gasteiger partial charge is 0.148 e. The van der Waals surface area contributed by atoms with Crippen molar-refractivity contribution in [2.24, 2.45) is 0 Å². The first-order valence-corrected chi connectivity index (χ1v) is 8.38. The predicted octanol–water partition coefficient (Wildman–Crippen LogP) is 4.04. The highest BCUT2D eigenvalue weighted by atomic mass is 16.5.